The Kier molecular flexibility index (Phi) is 6.37. The second kappa shape index (κ2) is 9.52. The summed E-state index contributed by atoms with van der Waals surface area (Å²) in [6, 6.07) is 20.4. The molecule has 1 unspecified atom stereocenters. The lowest BCUT2D eigenvalue weighted by molar-refractivity contribution is 0.0699. The highest BCUT2D eigenvalue weighted by atomic mass is 16.3. The van der Waals surface area contributed by atoms with Crippen molar-refractivity contribution in [1.29, 1.82) is 0 Å². The molecule has 29 heavy (non-hydrogen) atoms. The number of rotatable bonds is 7. The number of hydrogen-bond donors (Lipinski definition) is 1. The van der Waals surface area contributed by atoms with Crippen molar-refractivity contribution in [2.24, 2.45) is 0 Å². The molecular formula is C24H27N3O2. The van der Waals surface area contributed by atoms with Crippen LogP contribution < -0.4 is 5.32 Å². The van der Waals surface area contributed by atoms with E-state index in [9.17, 15) is 4.79 Å². The number of piperidine rings is 1. The molecule has 0 aliphatic carbocycles. The van der Waals surface area contributed by atoms with Crippen molar-refractivity contribution in [3.8, 4) is 0 Å². The third-order valence-corrected chi connectivity index (χ3v) is 5.62. The Morgan fingerprint density at radius 2 is 1.86 bits per heavy atom. The zero-order chi connectivity index (χ0) is 19.9. The van der Waals surface area contributed by atoms with Crippen LogP contribution in [0.25, 0.3) is 0 Å². The van der Waals surface area contributed by atoms with Crippen LogP contribution in [0.3, 0.4) is 0 Å². The molecule has 0 radical (unpaired) electrons. The molecule has 4 rings (SSSR count). The number of likely N-dealkylation sites (tertiary alicyclic amines) is 1. The quantitative estimate of drug-likeness (QED) is 0.661. The highest BCUT2D eigenvalue weighted by Gasteiger charge is 2.24. The lowest BCUT2D eigenvalue weighted by Crippen LogP contribution is -2.45. The molecule has 2 aromatic heterocycles. The van der Waals surface area contributed by atoms with Crippen molar-refractivity contribution in [2.75, 3.05) is 19.6 Å². The lowest BCUT2D eigenvalue weighted by atomic mass is 9.93. The zero-order valence-corrected chi connectivity index (χ0v) is 16.5. The number of nitrogens with zero attached hydrogens (tertiary/aromatic N) is 2. The minimum absolute atomic E-state index is 0.0333. The highest BCUT2D eigenvalue weighted by Crippen LogP contribution is 2.28. The van der Waals surface area contributed by atoms with Gasteiger partial charge >= 0.3 is 0 Å². The number of benzene rings is 1. The number of carbonyl (C=O) groups excluding carboxylic acids is 1. The minimum Gasteiger partial charge on any atom is -0.469 e. The van der Waals surface area contributed by atoms with Gasteiger partial charge in [0.05, 0.1) is 6.26 Å². The van der Waals surface area contributed by atoms with E-state index in [1.54, 1.807) is 18.5 Å². The van der Waals surface area contributed by atoms with Crippen LogP contribution in [0.15, 0.2) is 77.5 Å². The summed E-state index contributed by atoms with van der Waals surface area (Å²) in [5.41, 5.74) is 1.81. The van der Waals surface area contributed by atoms with Gasteiger partial charge in [0.1, 0.15) is 11.5 Å². The first-order chi connectivity index (χ1) is 14.3. The van der Waals surface area contributed by atoms with Crippen LogP contribution in [0.2, 0.25) is 0 Å². The van der Waals surface area contributed by atoms with Crippen molar-refractivity contribution in [3.63, 3.8) is 0 Å². The predicted molar refractivity (Wildman–Crippen MR) is 113 cm³/mol. The normalized spacial score (nSPS) is 15.9. The average Bonchev–Trinajstić information content (AvgIpc) is 3.32. The van der Waals surface area contributed by atoms with E-state index in [2.05, 4.69) is 40.6 Å². The van der Waals surface area contributed by atoms with Gasteiger partial charge in [-0.2, -0.15) is 0 Å². The van der Waals surface area contributed by atoms with E-state index in [4.69, 9.17) is 4.42 Å². The van der Waals surface area contributed by atoms with Crippen LogP contribution in [0, 0.1) is 0 Å². The van der Waals surface area contributed by atoms with E-state index < -0.39 is 0 Å². The fourth-order valence-corrected chi connectivity index (χ4v) is 4.02. The van der Waals surface area contributed by atoms with Gasteiger partial charge in [-0.05, 0) is 55.6 Å². The molecule has 1 aromatic carbocycles. The molecular weight excluding hydrogens is 362 g/mol. The van der Waals surface area contributed by atoms with E-state index in [1.165, 1.54) is 5.56 Å². The molecule has 1 saturated heterocycles. The summed E-state index contributed by atoms with van der Waals surface area (Å²) in [5, 5.41) is 3.69. The Hall–Kier alpha value is -2.92. The Labute approximate surface area is 171 Å². The Bertz CT molecular complexity index is 873. The van der Waals surface area contributed by atoms with Crippen LogP contribution in [0.5, 0.6) is 0 Å². The van der Waals surface area contributed by atoms with Crippen LogP contribution in [-0.2, 0) is 0 Å². The third-order valence-electron chi connectivity index (χ3n) is 5.62. The highest BCUT2D eigenvalue weighted by molar-refractivity contribution is 5.92. The lowest BCUT2D eigenvalue weighted by Gasteiger charge is -2.32. The van der Waals surface area contributed by atoms with E-state index in [1.807, 2.05) is 29.2 Å². The monoisotopic (exact) mass is 389 g/mol. The van der Waals surface area contributed by atoms with E-state index in [0.29, 0.717) is 11.7 Å². The largest absolute Gasteiger partial charge is 0.469 e. The number of pyridine rings is 1. The van der Waals surface area contributed by atoms with E-state index >= 15 is 0 Å². The van der Waals surface area contributed by atoms with Crippen LogP contribution in [-0.4, -0.2) is 41.5 Å². The first kappa shape index (κ1) is 19.4. The maximum absolute atomic E-state index is 12.5. The smallest absolute Gasteiger partial charge is 0.272 e. The Morgan fingerprint density at radius 3 is 2.55 bits per heavy atom. The first-order valence-corrected chi connectivity index (χ1v) is 10.3. The van der Waals surface area contributed by atoms with Crippen LogP contribution >= 0.6 is 0 Å². The number of hydrogen-bond acceptors (Lipinski definition) is 4. The summed E-state index contributed by atoms with van der Waals surface area (Å²) < 4.78 is 5.70. The molecule has 1 atom stereocenters. The molecule has 1 aliphatic rings. The summed E-state index contributed by atoms with van der Waals surface area (Å²) in [6.45, 7) is 2.46. The molecule has 5 nitrogen and oxygen atoms in total. The van der Waals surface area contributed by atoms with Gasteiger partial charge in [0.2, 0.25) is 0 Å². The van der Waals surface area contributed by atoms with Gasteiger partial charge in [-0.15, -0.1) is 0 Å². The molecule has 0 spiro atoms. The minimum atomic E-state index is 0.0333. The molecule has 0 bridgehead atoms. The maximum Gasteiger partial charge on any atom is 0.272 e. The van der Waals surface area contributed by atoms with Gasteiger partial charge in [-0.25, -0.2) is 0 Å². The van der Waals surface area contributed by atoms with Crippen molar-refractivity contribution < 1.29 is 9.21 Å². The standard InChI is InChI=1S/C24H27N3O2/c28-24(22-9-4-5-14-26-22)27-16-12-20(13-17-27)25-15-11-21(23-10-6-18-29-23)19-7-2-1-3-8-19/h1-10,14,18,20-21,25H,11-13,15-17H2. The van der Waals surface area contributed by atoms with Crippen molar-refractivity contribution in [2.45, 2.75) is 31.2 Å². The number of nitrogens with one attached hydrogen (secondary N) is 1. The van der Waals surface area contributed by atoms with Crippen molar-refractivity contribution in [1.82, 2.24) is 15.2 Å². The SMILES string of the molecule is O=C(c1ccccn1)N1CCC(NCCC(c2ccccc2)c2ccco2)CC1. The molecule has 3 heterocycles. The second-order valence-corrected chi connectivity index (χ2v) is 7.50. The molecule has 1 fully saturated rings. The summed E-state index contributed by atoms with van der Waals surface area (Å²) in [7, 11) is 0. The number of amides is 1. The van der Waals surface area contributed by atoms with Gasteiger partial charge in [0.15, 0.2) is 0 Å². The fourth-order valence-electron chi connectivity index (χ4n) is 4.02. The second-order valence-electron chi connectivity index (χ2n) is 7.50. The summed E-state index contributed by atoms with van der Waals surface area (Å²) >= 11 is 0. The van der Waals surface area contributed by atoms with Crippen LogP contribution in [0.1, 0.15) is 47.0 Å². The number of aromatic nitrogens is 1. The van der Waals surface area contributed by atoms with E-state index in [0.717, 1.165) is 44.7 Å². The van der Waals surface area contributed by atoms with E-state index in [-0.39, 0.29) is 11.8 Å². The van der Waals surface area contributed by atoms with Gasteiger partial charge in [0.25, 0.3) is 5.91 Å². The van der Waals surface area contributed by atoms with Gasteiger partial charge in [-0.3, -0.25) is 9.78 Å². The molecule has 0 saturated carbocycles. The molecule has 150 valence electrons. The summed E-state index contributed by atoms with van der Waals surface area (Å²) in [5.74, 6) is 1.30. The molecule has 1 N–H and O–H groups in total. The maximum atomic E-state index is 12.5. The van der Waals surface area contributed by atoms with Gasteiger partial charge in [-0.1, -0.05) is 36.4 Å². The molecule has 1 aliphatic heterocycles. The number of carbonyl (C=O) groups is 1. The number of furan rings is 1. The predicted octanol–water partition coefficient (Wildman–Crippen LogP) is 4.09. The Morgan fingerprint density at radius 1 is 1.07 bits per heavy atom. The Balaban J connectivity index is 1.27. The average molecular weight is 389 g/mol. The summed E-state index contributed by atoms with van der Waals surface area (Å²) in [6.07, 6.45) is 6.33. The molecule has 3 aromatic rings. The van der Waals surface area contributed by atoms with Crippen LogP contribution in [0.4, 0.5) is 0 Å². The van der Waals surface area contributed by atoms with Crippen molar-refractivity contribution >= 4 is 5.91 Å². The summed E-state index contributed by atoms with van der Waals surface area (Å²) in [4.78, 5) is 18.6. The van der Waals surface area contributed by atoms with Gasteiger partial charge in [0, 0.05) is 31.2 Å². The fraction of sp³-hybridized carbons (Fsp3) is 0.333. The molecule has 5 heteroatoms. The zero-order valence-electron chi connectivity index (χ0n) is 16.5. The topological polar surface area (TPSA) is 58.4 Å². The van der Waals surface area contributed by atoms with Crippen molar-refractivity contribution in [3.05, 3.63) is 90.1 Å². The van der Waals surface area contributed by atoms with Gasteiger partial charge < -0.3 is 14.6 Å². The molecule has 1 amide bonds. The first-order valence-electron chi connectivity index (χ1n) is 10.3. The third kappa shape index (κ3) is 4.93.